The van der Waals surface area contributed by atoms with Crippen LogP contribution in [0.5, 0.6) is 0 Å². The molecule has 0 aliphatic rings. The molecular formula is C11H14ClF4N. The van der Waals surface area contributed by atoms with E-state index in [0.29, 0.717) is 0 Å². The molecule has 0 amide bonds. The summed E-state index contributed by atoms with van der Waals surface area (Å²) in [5.41, 5.74) is 4.81. The van der Waals surface area contributed by atoms with Crippen LogP contribution < -0.4 is 5.73 Å². The maximum Gasteiger partial charge on any atom is 0.166 e. The molecule has 1 aromatic carbocycles. The van der Waals surface area contributed by atoms with Gasteiger partial charge in [-0.1, -0.05) is 13.8 Å². The summed E-state index contributed by atoms with van der Waals surface area (Å²) in [5, 5.41) is 0. The van der Waals surface area contributed by atoms with E-state index in [2.05, 4.69) is 0 Å². The monoisotopic (exact) mass is 271 g/mol. The predicted molar refractivity (Wildman–Crippen MR) is 59.9 cm³/mol. The first kappa shape index (κ1) is 16.2. The van der Waals surface area contributed by atoms with Gasteiger partial charge in [-0.3, -0.25) is 0 Å². The van der Waals surface area contributed by atoms with Crippen LogP contribution in [-0.4, -0.2) is 0 Å². The number of benzene rings is 1. The fraction of sp³-hybridized carbons (Fsp3) is 0.455. The van der Waals surface area contributed by atoms with Gasteiger partial charge < -0.3 is 5.73 Å². The lowest BCUT2D eigenvalue weighted by Gasteiger charge is -2.16. The van der Waals surface area contributed by atoms with Gasteiger partial charge in [-0.05, 0) is 12.3 Å². The van der Waals surface area contributed by atoms with E-state index in [-0.39, 0.29) is 30.8 Å². The molecule has 0 spiro atoms. The minimum Gasteiger partial charge on any atom is -0.324 e. The van der Waals surface area contributed by atoms with E-state index in [1.165, 1.54) is 0 Å². The molecule has 0 saturated carbocycles. The fourth-order valence-electron chi connectivity index (χ4n) is 1.54. The first-order chi connectivity index (χ1) is 7.34. The lowest BCUT2D eigenvalue weighted by Crippen LogP contribution is -2.18. The molecule has 0 unspecified atom stereocenters. The molecule has 1 atom stereocenters. The highest BCUT2D eigenvalue weighted by atomic mass is 35.5. The normalized spacial score (nSPS) is 12.5. The highest BCUT2D eigenvalue weighted by Crippen LogP contribution is 2.27. The molecular weight excluding hydrogens is 258 g/mol. The van der Waals surface area contributed by atoms with Gasteiger partial charge in [-0.25, -0.2) is 17.6 Å². The van der Waals surface area contributed by atoms with Gasteiger partial charge in [0.15, 0.2) is 23.3 Å². The van der Waals surface area contributed by atoms with Crippen molar-refractivity contribution in [2.75, 3.05) is 0 Å². The van der Waals surface area contributed by atoms with Crippen LogP contribution in [0.15, 0.2) is 6.07 Å². The van der Waals surface area contributed by atoms with Gasteiger partial charge in [0.1, 0.15) is 0 Å². The molecule has 6 heteroatoms. The van der Waals surface area contributed by atoms with Gasteiger partial charge in [0.05, 0.1) is 0 Å². The Morgan fingerprint density at radius 2 is 1.47 bits per heavy atom. The zero-order chi connectivity index (χ0) is 12.5. The summed E-state index contributed by atoms with van der Waals surface area (Å²) in [6.45, 7) is 3.59. The second kappa shape index (κ2) is 6.21. The second-order valence-corrected chi connectivity index (χ2v) is 4.12. The molecule has 2 N–H and O–H groups in total. The first-order valence-corrected chi connectivity index (χ1v) is 4.93. The van der Waals surface area contributed by atoms with Crippen molar-refractivity contribution < 1.29 is 17.6 Å². The largest absolute Gasteiger partial charge is 0.324 e. The first-order valence-electron chi connectivity index (χ1n) is 4.93. The van der Waals surface area contributed by atoms with Gasteiger partial charge in [-0.2, -0.15) is 0 Å². The summed E-state index contributed by atoms with van der Waals surface area (Å²) in [4.78, 5) is 0. The molecule has 0 fully saturated rings. The average molecular weight is 272 g/mol. The van der Waals surface area contributed by atoms with Crippen LogP contribution in [-0.2, 0) is 0 Å². The van der Waals surface area contributed by atoms with E-state index in [0.717, 1.165) is 0 Å². The van der Waals surface area contributed by atoms with Crippen molar-refractivity contribution in [2.45, 2.75) is 26.3 Å². The summed E-state index contributed by atoms with van der Waals surface area (Å²) in [5.74, 6) is -5.60. The van der Waals surface area contributed by atoms with Gasteiger partial charge in [-0.15, -0.1) is 12.4 Å². The highest BCUT2D eigenvalue weighted by molar-refractivity contribution is 5.85. The van der Waals surface area contributed by atoms with Crippen molar-refractivity contribution in [3.63, 3.8) is 0 Å². The van der Waals surface area contributed by atoms with Crippen molar-refractivity contribution in [1.29, 1.82) is 0 Å². The van der Waals surface area contributed by atoms with E-state index in [9.17, 15) is 17.6 Å². The minimum absolute atomic E-state index is 0. The molecule has 0 saturated heterocycles. The molecule has 1 aromatic rings. The quantitative estimate of drug-likeness (QED) is 0.658. The maximum atomic E-state index is 13.3. The topological polar surface area (TPSA) is 26.0 Å². The molecule has 0 bridgehead atoms. The number of nitrogens with two attached hydrogens (primary N) is 1. The Balaban J connectivity index is 0.00000256. The predicted octanol–water partition coefficient (Wildman–Crippen LogP) is 3.71. The Kier molecular flexibility index (Phi) is 5.92. The minimum atomic E-state index is -1.42. The second-order valence-electron chi connectivity index (χ2n) is 4.12. The molecule has 0 aliphatic heterocycles. The van der Waals surface area contributed by atoms with E-state index < -0.39 is 34.9 Å². The van der Waals surface area contributed by atoms with Crippen LogP contribution in [0.4, 0.5) is 17.6 Å². The molecule has 0 aromatic heterocycles. The fourth-order valence-corrected chi connectivity index (χ4v) is 1.54. The van der Waals surface area contributed by atoms with Crippen LogP contribution in [0.25, 0.3) is 0 Å². The maximum absolute atomic E-state index is 13.3. The summed E-state index contributed by atoms with van der Waals surface area (Å²) >= 11 is 0. The highest BCUT2D eigenvalue weighted by Gasteiger charge is 2.24. The smallest absolute Gasteiger partial charge is 0.166 e. The Labute approximate surface area is 103 Å². The van der Waals surface area contributed by atoms with E-state index in [4.69, 9.17) is 5.73 Å². The van der Waals surface area contributed by atoms with Crippen molar-refractivity contribution in [3.8, 4) is 0 Å². The van der Waals surface area contributed by atoms with Gasteiger partial charge in [0.2, 0.25) is 0 Å². The van der Waals surface area contributed by atoms with Crippen LogP contribution in [0.3, 0.4) is 0 Å². The molecule has 0 aliphatic carbocycles. The van der Waals surface area contributed by atoms with Crippen LogP contribution >= 0.6 is 12.4 Å². The SMILES string of the molecule is CC(C)C[C@@H](N)c1c(F)c(F)cc(F)c1F.Cl. The summed E-state index contributed by atoms with van der Waals surface area (Å²) in [7, 11) is 0. The van der Waals surface area contributed by atoms with Crippen LogP contribution in [0.1, 0.15) is 31.9 Å². The zero-order valence-electron chi connectivity index (χ0n) is 9.44. The number of rotatable bonds is 3. The van der Waals surface area contributed by atoms with Crippen molar-refractivity contribution in [3.05, 3.63) is 34.9 Å². The van der Waals surface area contributed by atoms with E-state index >= 15 is 0 Å². The van der Waals surface area contributed by atoms with Crippen molar-refractivity contribution >= 4 is 12.4 Å². The summed E-state index contributed by atoms with van der Waals surface area (Å²) in [6.07, 6.45) is 0.247. The Hall–Kier alpha value is -0.810. The molecule has 1 nitrogen and oxygen atoms in total. The Bertz CT molecular complexity index is 369. The third-order valence-electron chi connectivity index (χ3n) is 2.24. The third kappa shape index (κ3) is 3.57. The zero-order valence-corrected chi connectivity index (χ0v) is 10.3. The Morgan fingerprint density at radius 1 is 1.06 bits per heavy atom. The number of hydrogen-bond acceptors (Lipinski definition) is 1. The van der Waals surface area contributed by atoms with Crippen molar-refractivity contribution in [1.82, 2.24) is 0 Å². The third-order valence-corrected chi connectivity index (χ3v) is 2.24. The average Bonchev–Trinajstić information content (AvgIpc) is 2.14. The van der Waals surface area contributed by atoms with Gasteiger partial charge >= 0.3 is 0 Å². The number of halogens is 5. The molecule has 1 rings (SSSR count). The summed E-state index contributed by atoms with van der Waals surface area (Å²) in [6, 6.07) is -0.874. The Morgan fingerprint density at radius 3 is 1.82 bits per heavy atom. The summed E-state index contributed by atoms with van der Waals surface area (Å²) < 4.78 is 52.3. The lowest BCUT2D eigenvalue weighted by atomic mass is 9.96. The molecule has 0 radical (unpaired) electrons. The van der Waals surface area contributed by atoms with Crippen molar-refractivity contribution in [2.24, 2.45) is 11.7 Å². The van der Waals surface area contributed by atoms with Gasteiger partial charge in [0, 0.05) is 17.7 Å². The molecule has 0 heterocycles. The van der Waals surface area contributed by atoms with Crippen LogP contribution in [0.2, 0.25) is 0 Å². The standard InChI is InChI=1S/C11H13F4N.ClH/c1-5(2)3-8(16)9-10(14)6(12)4-7(13)11(9)15;/h4-5,8H,3,16H2,1-2H3;1H/t8-;/m1./s1. The lowest BCUT2D eigenvalue weighted by molar-refractivity contribution is 0.408. The van der Waals surface area contributed by atoms with Gasteiger partial charge in [0.25, 0.3) is 0 Å². The van der Waals surface area contributed by atoms with E-state index in [1.807, 2.05) is 0 Å². The molecule has 98 valence electrons. The van der Waals surface area contributed by atoms with E-state index in [1.54, 1.807) is 13.8 Å². The number of hydrogen-bond donors (Lipinski definition) is 1. The van der Waals surface area contributed by atoms with Crippen LogP contribution in [0, 0.1) is 29.2 Å². The molecule has 17 heavy (non-hydrogen) atoms.